The average molecular weight is 242 g/mol. The van der Waals surface area contributed by atoms with Gasteiger partial charge < -0.3 is 15.7 Å². The summed E-state index contributed by atoms with van der Waals surface area (Å²) < 4.78 is 0. The predicted molar refractivity (Wildman–Crippen MR) is 68.9 cm³/mol. The van der Waals surface area contributed by atoms with Gasteiger partial charge >= 0.3 is 5.97 Å². The van der Waals surface area contributed by atoms with Gasteiger partial charge in [-0.15, -0.1) is 0 Å². The van der Waals surface area contributed by atoms with Crippen molar-refractivity contribution in [2.45, 2.75) is 52.0 Å². The van der Waals surface area contributed by atoms with Gasteiger partial charge in [-0.3, -0.25) is 4.79 Å². The van der Waals surface area contributed by atoms with E-state index in [4.69, 9.17) is 10.8 Å². The number of carboxylic acid groups (broad SMARTS) is 1. The first kappa shape index (κ1) is 14.5. The van der Waals surface area contributed by atoms with Crippen molar-refractivity contribution < 1.29 is 9.90 Å². The van der Waals surface area contributed by atoms with E-state index in [2.05, 4.69) is 18.7 Å². The van der Waals surface area contributed by atoms with E-state index in [1.165, 1.54) is 12.8 Å². The number of nitrogens with zero attached hydrogens (tertiary/aromatic N) is 1. The Morgan fingerprint density at radius 2 is 1.82 bits per heavy atom. The molecule has 0 spiro atoms. The minimum atomic E-state index is -1.13. The topological polar surface area (TPSA) is 66.6 Å². The first-order chi connectivity index (χ1) is 7.85. The van der Waals surface area contributed by atoms with Gasteiger partial charge in [0.15, 0.2) is 0 Å². The summed E-state index contributed by atoms with van der Waals surface area (Å²) in [7, 11) is 0. The molecule has 0 bridgehead atoms. The lowest BCUT2D eigenvalue weighted by Gasteiger charge is -2.42. The van der Waals surface area contributed by atoms with Crippen molar-refractivity contribution in [1.82, 2.24) is 4.90 Å². The zero-order valence-electron chi connectivity index (χ0n) is 11.3. The fraction of sp³-hybridized carbons (Fsp3) is 0.923. The van der Waals surface area contributed by atoms with Crippen LogP contribution in [-0.2, 0) is 4.79 Å². The van der Waals surface area contributed by atoms with Crippen molar-refractivity contribution in [3.8, 4) is 0 Å². The van der Waals surface area contributed by atoms with Crippen molar-refractivity contribution in [3.63, 3.8) is 0 Å². The largest absolute Gasteiger partial charge is 0.480 e. The van der Waals surface area contributed by atoms with Gasteiger partial charge in [0.1, 0.15) is 5.54 Å². The third-order valence-corrected chi connectivity index (χ3v) is 4.46. The Morgan fingerprint density at radius 1 is 1.35 bits per heavy atom. The first-order valence-electron chi connectivity index (χ1n) is 6.60. The van der Waals surface area contributed by atoms with Gasteiger partial charge in [-0.1, -0.05) is 26.7 Å². The zero-order chi connectivity index (χ0) is 13.1. The van der Waals surface area contributed by atoms with E-state index in [0.717, 1.165) is 25.9 Å². The second kappa shape index (κ2) is 5.36. The second-order valence-corrected chi connectivity index (χ2v) is 5.71. The van der Waals surface area contributed by atoms with Crippen LogP contribution in [0.25, 0.3) is 0 Å². The quantitative estimate of drug-likeness (QED) is 0.770. The van der Waals surface area contributed by atoms with Crippen molar-refractivity contribution in [2.24, 2.45) is 11.1 Å². The molecule has 1 saturated heterocycles. The van der Waals surface area contributed by atoms with E-state index in [9.17, 15) is 4.79 Å². The molecule has 0 radical (unpaired) electrons. The number of nitrogens with two attached hydrogens (primary N) is 1. The minimum absolute atomic E-state index is 0.450. The van der Waals surface area contributed by atoms with Crippen LogP contribution in [0.2, 0.25) is 0 Å². The van der Waals surface area contributed by atoms with E-state index in [1.807, 2.05) is 0 Å². The molecule has 0 saturated carbocycles. The summed E-state index contributed by atoms with van der Waals surface area (Å²) in [4.78, 5) is 13.2. The van der Waals surface area contributed by atoms with Crippen LogP contribution >= 0.6 is 0 Å². The lowest BCUT2D eigenvalue weighted by Crippen LogP contribution is -2.55. The van der Waals surface area contributed by atoms with Crippen LogP contribution in [0, 0.1) is 5.41 Å². The number of hydrogen-bond acceptors (Lipinski definition) is 3. The standard InChI is InChI=1S/C13H26N2O2/c1-4-13(5-2)6-8-15(9-7-13)10-12(3,14)11(16)17/h4-10,14H2,1-3H3,(H,16,17). The number of piperidine rings is 1. The van der Waals surface area contributed by atoms with Crippen LogP contribution in [0.1, 0.15) is 46.5 Å². The molecule has 1 unspecified atom stereocenters. The van der Waals surface area contributed by atoms with E-state index < -0.39 is 11.5 Å². The van der Waals surface area contributed by atoms with Crippen molar-refractivity contribution in [3.05, 3.63) is 0 Å². The van der Waals surface area contributed by atoms with Gasteiger partial charge in [0, 0.05) is 6.54 Å². The maximum Gasteiger partial charge on any atom is 0.324 e. The van der Waals surface area contributed by atoms with Crippen molar-refractivity contribution >= 4 is 5.97 Å². The molecule has 100 valence electrons. The Hall–Kier alpha value is -0.610. The summed E-state index contributed by atoms with van der Waals surface area (Å²) in [6, 6.07) is 0. The Bertz CT molecular complexity index is 263. The van der Waals surface area contributed by atoms with Gasteiger partial charge in [-0.25, -0.2) is 0 Å². The highest BCUT2D eigenvalue weighted by Crippen LogP contribution is 2.37. The lowest BCUT2D eigenvalue weighted by atomic mass is 9.74. The molecule has 17 heavy (non-hydrogen) atoms. The molecule has 0 aromatic rings. The monoisotopic (exact) mass is 242 g/mol. The maximum atomic E-state index is 11.0. The highest BCUT2D eigenvalue weighted by Gasteiger charge is 2.35. The van der Waals surface area contributed by atoms with E-state index in [-0.39, 0.29) is 0 Å². The van der Waals surface area contributed by atoms with E-state index >= 15 is 0 Å². The summed E-state index contributed by atoms with van der Waals surface area (Å²) >= 11 is 0. The van der Waals surface area contributed by atoms with Crippen LogP contribution in [0.5, 0.6) is 0 Å². The maximum absolute atomic E-state index is 11.0. The van der Waals surface area contributed by atoms with Crippen LogP contribution in [0.4, 0.5) is 0 Å². The Balaban J connectivity index is 2.50. The van der Waals surface area contributed by atoms with Crippen LogP contribution in [-0.4, -0.2) is 41.1 Å². The fourth-order valence-corrected chi connectivity index (χ4v) is 2.67. The number of hydrogen-bond donors (Lipinski definition) is 2. The van der Waals surface area contributed by atoms with Gasteiger partial charge in [-0.05, 0) is 38.3 Å². The number of rotatable bonds is 5. The van der Waals surface area contributed by atoms with Gasteiger partial charge in [0.2, 0.25) is 0 Å². The number of likely N-dealkylation sites (tertiary alicyclic amines) is 1. The Morgan fingerprint density at radius 3 is 2.18 bits per heavy atom. The molecule has 0 aromatic heterocycles. The molecule has 4 heteroatoms. The highest BCUT2D eigenvalue weighted by molar-refractivity contribution is 5.78. The van der Waals surface area contributed by atoms with Crippen LogP contribution in [0.3, 0.4) is 0 Å². The molecule has 1 rings (SSSR count). The van der Waals surface area contributed by atoms with E-state index in [0.29, 0.717) is 12.0 Å². The van der Waals surface area contributed by atoms with Gasteiger partial charge in [-0.2, -0.15) is 0 Å². The third kappa shape index (κ3) is 3.42. The summed E-state index contributed by atoms with van der Waals surface area (Å²) in [5, 5.41) is 9.02. The van der Waals surface area contributed by atoms with Crippen LogP contribution < -0.4 is 5.73 Å². The number of carboxylic acids is 1. The highest BCUT2D eigenvalue weighted by atomic mass is 16.4. The summed E-state index contributed by atoms with van der Waals surface area (Å²) in [5.74, 6) is -0.916. The number of carbonyl (C=O) groups is 1. The molecule has 1 atom stereocenters. The molecule has 0 aromatic carbocycles. The molecule has 1 fully saturated rings. The third-order valence-electron chi connectivity index (χ3n) is 4.46. The van der Waals surface area contributed by atoms with Crippen molar-refractivity contribution in [2.75, 3.05) is 19.6 Å². The molecular weight excluding hydrogens is 216 g/mol. The fourth-order valence-electron chi connectivity index (χ4n) is 2.67. The molecule has 1 aliphatic heterocycles. The van der Waals surface area contributed by atoms with Gasteiger partial charge in [0.25, 0.3) is 0 Å². The van der Waals surface area contributed by atoms with E-state index in [1.54, 1.807) is 6.92 Å². The normalized spacial score (nSPS) is 24.2. The molecule has 0 aliphatic carbocycles. The van der Waals surface area contributed by atoms with Crippen LogP contribution in [0.15, 0.2) is 0 Å². The average Bonchev–Trinajstić information content (AvgIpc) is 2.30. The first-order valence-corrected chi connectivity index (χ1v) is 6.60. The Labute approximate surface area is 104 Å². The molecule has 0 amide bonds. The minimum Gasteiger partial charge on any atom is -0.480 e. The van der Waals surface area contributed by atoms with Gasteiger partial charge in [0.05, 0.1) is 0 Å². The van der Waals surface area contributed by atoms with Crippen molar-refractivity contribution in [1.29, 1.82) is 0 Å². The summed E-state index contributed by atoms with van der Waals surface area (Å²) in [5.41, 5.74) is 5.13. The SMILES string of the molecule is CCC1(CC)CCN(CC(C)(N)C(=O)O)CC1. The predicted octanol–water partition coefficient (Wildman–Crippen LogP) is 1.69. The summed E-state index contributed by atoms with van der Waals surface area (Å²) in [6.07, 6.45) is 4.76. The zero-order valence-corrected chi connectivity index (χ0v) is 11.3. The Kier molecular flexibility index (Phi) is 4.55. The number of aliphatic carboxylic acids is 1. The smallest absolute Gasteiger partial charge is 0.324 e. The molecular formula is C13H26N2O2. The molecule has 4 nitrogen and oxygen atoms in total. The molecule has 1 aliphatic rings. The molecule has 1 heterocycles. The molecule has 3 N–H and O–H groups in total. The summed E-state index contributed by atoms with van der Waals surface area (Å²) in [6.45, 7) is 8.50. The lowest BCUT2D eigenvalue weighted by molar-refractivity contribution is -0.143. The second-order valence-electron chi connectivity index (χ2n) is 5.71.